The molecule has 0 aliphatic rings. The van der Waals surface area contributed by atoms with Crippen molar-refractivity contribution in [1.82, 2.24) is 0 Å². The van der Waals surface area contributed by atoms with E-state index in [-0.39, 0.29) is 28.8 Å². The topological polar surface area (TPSA) is 107 Å². The number of esters is 1. The molecule has 0 radical (unpaired) electrons. The molecule has 5 N–H and O–H groups in total. The Labute approximate surface area is 109 Å². The first-order valence-corrected chi connectivity index (χ1v) is 6.35. The summed E-state index contributed by atoms with van der Waals surface area (Å²) in [5.41, 5.74) is 11.3. The first-order valence-electron chi connectivity index (χ1n) is 5.54. The number of carbonyl (C=O) groups is 2. The van der Waals surface area contributed by atoms with Gasteiger partial charge in [-0.2, -0.15) is 0 Å². The molecule has 1 amide bonds. The Kier molecular flexibility index (Phi) is 4.55. The van der Waals surface area contributed by atoms with Crippen LogP contribution in [0.25, 0.3) is 0 Å². The molecule has 0 unspecified atom stereocenters. The van der Waals surface area contributed by atoms with E-state index in [1.54, 1.807) is 6.92 Å². The van der Waals surface area contributed by atoms with Crippen LogP contribution in [0.15, 0.2) is 0 Å². The molecular formula is C11H17N3O3S. The van der Waals surface area contributed by atoms with Gasteiger partial charge in [-0.3, -0.25) is 4.79 Å². The molecule has 0 spiro atoms. The molecule has 100 valence electrons. The maximum absolute atomic E-state index is 11.8. The number of hydrogen-bond acceptors (Lipinski definition) is 6. The van der Waals surface area contributed by atoms with Gasteiger partial charge >= 0.3 is 5.97 Å². The fourth-order valence-corrected chi connectivity index (χ4v) is 2.50. The normalized spacial score (nSPS) is 10.4. The number of carbonyl (C=O) groups excluding carboxylic acids is 2. The Balaban J connectivity index is 3.26. The number of rotatable bonds is 5. The van der Waals surface area contributed by atoms with Crippen LogP contribution < -0.4 is 16.8 Å². The summed E-state index contributed by atoms with van der Waals surface area (Å²) >= 11 is 1.07. The molecule has 0 aromatic carbocycles. The molecule has 0 aliphatic carbocycles. The fourth-order valence-electron chi connectivity index (χ4n) is 1.40. The van der Waals surface area contributed by atoms with Crippen LogP contribution >= 0.6 is 11.3 Å². The minimum Gasteiger partial charge on any atom is -0.462 e. The SMILES string of the molecule is CCOC(=O)c1c(NC(C)C)sc(C(N)=O)c1N. The van der Waals surface area contributed by atoms with Crippen molar-refractivity contribution < 1.29 is 14.3 Å². The highest BCUT2D eigenvalue weighted by Gasteiger charge is 2.25. The van der Waals surface area contributed by atoms with E-state index in [1.165, 1.54) is 0 Å². The van der Waals surface area contributed by atoms with E-state index < -0.39 is 11.9 Å². The summed E-state index contributed by atoms with van der Waals surface area (Å²) in [6.07, 6.45) is 0. The van der Waals surface area contributed by atoms with Crippen molar-refractivity contribution in [2.45, 2.75) is 26.8 Å². The Bertz CT molecular complexity index is 468. The van der Waals surface area contributed by atoms with E-state index >= 15 is 0 Å². The van der Waals surface area contributed by atoms with Gasteiger partial charge in [0.2, 0.25) is 0 Å². The number of nitrogens with one attached hydrogen (secondary N) is 1. The monoisotopic (exact) mass is 271 g/mol. The third-order valence-corrected chi connectivity index (χ3v) is 3.22. The number of anilines is 2. The summed E-state index contributed by atoms with van der Waals surface area (Å²) in [5, 5.41) is 3.57. The van der Waals surface area contributed by atoms with Gasteiger partial charge in [0.05, 0.1) is 12.3 Å². The molecule has 6 nitrogen and oxygen atoms in total. The lowest BCUT2D eigenvalue weighted by Gasteiger charge is -2.10. The van der Waals surface area contributed by atoms with E-state index in [0.29, 0.717) is 5.00 Å². The van der Waals surface area contributed by atoms with E-state index in [9.17, 15) is 9.59 Å². The van der Waals surface area contributed by atoms with Gasteiger partial charge in [-0.15, -0.1) is 11.3 Å². The molecule has 0 saturated carbocycles. The third-order valence-electron chi connectivity index (χ3n) is 2.07. The second-order valence-electron chi connectivity index (χ2n) is 3.93. The van der Waals surface area contributed by atoms with Gasteiger partial charge in [0.25, 0.3) is 5.91 Å². The number of ether oxygens (including phenoxy) is 1. The highest BCUT2D eigenvalue weighted by Crippen LogP contribution is 2.36. The molecule has 0 bridgehead atoms. The zero-order valence-corrected chi connectivity index (χ0v) is 11.4. The van der Waals surface area contributed by atoms with Crippen LogP contribution in [0.4, 0.5) is 10.7 Å². The molecular weight excluding hydrogens is 254 g/mol. The van der Waals surface area contributed by atoms with Gasteiger partial charge in [-0.05, 0) is 20.8 Å². The zero-order chi connectivity index (χ0) is 13.9. The van der Waals surface area contributed by atoms with Gasteiger partial charge in [0, 0.05) is 6.04 Å². The van der Waals surface area contributed by atoms with Crippen LogP contribution in [0.3, 0.4) is 0 Å². The van der Waals surface area contributed by atoms with Crippen molar-refractivity contribution in [3.05, 3.63) is 10.4 Å². The maximum atomic E-state index is 11.8. The molecule has 0 fully saturated rings. The van der Waals surface area contributed by atoms with E-state index in [2.05, 4.69) is 5.32 Å². The summed E-state index contributed by atoms with van der Waals surface area (Å²) in [4.78, 5) is 23.2. The minimum atomic E-state index is -0.653. The van der Waals surface area contributed by atoms with Crippen molar-refractivity contribution in [2.24, 2.45) is 5.73 Å². The van der Waals surface area contributed by atoms with Crippen LogP contribution in [0, 0.1) is 0 Å². The molecule has 0 atom stereocenters. The Morgan fingerprint density at radius 2 is 2.06 bits per heavy atom. The number of primary amides is 1. The molecule has 18 heavy (non-hydrogen) atoms. The molecule has 1 aromatic heterocycles. The fraction of sp³-hybridized carbons (Fsp3) is 0.455. The number of amides is 1. The van der Waals surface area contributed by atoms with Crippen LogP contribution in [0.1, 0.15) is 40.8 Å². The second-order valence-corrected chi connectivity index (χ2v) is 4.95. The predicted molar refractivity (Wildman–Crippen MR) is 72.0 cm³/mol. The van der Waals surface area contributed by atoms with E-state index in [4.69, 9.17) is 16.2 Å². The van der Waals surface area contributed by atoms with Crippen LogP contribution in [-0.2, 0) is 4.74 Å². The second kappa shape index (κ2) is 5.72. The molecule has 1 aromatic rings. The standard InChI is InChI=1S/C11H17N3O3S/c1-4-17-11(16)6-7(12)8(9(13)15)18-10(6)14-5(2)3/h5,14H,4,12H2,1-3H3,(H2,13,15). The van der Waals surface area contributed by atoms with Crippen molar-refractivity contribution in [3.8, 4) is 0 Å². The smallest absolute Gasteiger partial charge is 0.343 e. The average molecular weight is 271 g/mol. The zero-order valence-electron chi connectivity index (χ0n) is 10.6. The lowest BCUT2D eigenvalue weighted by molar-refractivity contribution is 0.0529. The van der Waals surface area contributed by atoms with Gasteiger partial charge in [0.1, 0.15) is 15.4 Å². The molecule has 1 heterocycles. The largest absolute Gasteiger partial charge is 0.462 e. The van der Waals surface area contributed by atoms with Gasteiger partial charge in [0.15, 0.2) is 0 Å². The van der Waals surface area contributed by atoms with E-state index in [1.807, 2.05) is 13.8 Å². The van der Waals surface area contributed by atoms with Crippen LogP contribution in [0.5, 0.6) is 0 Å². The minimum absolute atomic E-state index is 0.0779. The summed E-state index contributed by atoms with van der Waals surface area (Å²) in [6, 6.07) is 0.0944. The number of hydrogen-bond donors (Lipinski definition) is 3. The van der Waals surface area contributed by atoms with Crippen molar-refractivity contribution in [2.75, 3.05) is 17.7 Å². The van der Waals surface area contributed by atoms with E-state index in [0.717, 1.165) is 11.3 Å². The summed E-state index contributed by atoms with van der Waals surface area (Å²) < 4.78 is 4.92. The molecule has 0 aliphatic heterocycles. The average Bonchev–Trinajstić information content (AvgIpc) is 2.55. The van der Waals surface area contributed by atoms with Crippen molar-refractivity contribution >= 4 is 33.9 Å². The molecule has 7 heteroatoms. The van der Waals surface area contributed by atoms with Crippen molar-refractivity contribution in [3.63, 3.8) is 0 Å². The maximum Gasteiger partial charge on any atom is 0.343 e. The Hall–Kier alpha value is -1.76. The summed E-state index contributed by atoms with van der Waals surface area (Å²) in [7, 11) is 0. The van der Waals surface area contributed by atoms with Gasteiger partial charge < -0.3 is 21.5 Å². The van der Waals surface area contributed by atoms with Gasteiger partial charge in [-0.1, -0.05) is 0 Å². The summed E-state index contributed by atoms with van der Waals surface area (Å²) in [5.74, 6) is -1.21. The first-order chi connectivity index (χ1) is 8.38. The first kappa shape index (κ1) is 14.3. The van der Waals surface area contributed by atoms with Crippen molar-refractivity contribution in [1.29, 1.82) is 0 Å². The highest BCUT2D eigenvalue weighted by molar-refractivity contribution is 7.19. The molecule has 1 rings (SSSR count). The summed E-state index contributed by atoms with van der Waals surface area (Å²) in [6.45, 7) is 5.76. The Morgan fingerprint density at radius 1 is 1.44 bits per heavy atom. The predicted octanol–water partition coefficient (Wildman–Crippen LogP) is 1.43. The Morgan fingerprint density at radius 3 is 2.50 bits per heavy atom. The third kappa shape index (κ3) is 2.92. The lowest BCUT2D eigenvalue weighted by atomic mass is 10.2. The number of thiophene rings is 1. The van der Waals surface area contributed by atoms with Crippen LogP contribution in [-0.4, -0.2) is 24.5 Å². The lowest BCUT2D eigenvalue weighted by Crippen LogP contribution is -2.15. The number of nitrogen functional groups attached to an aromatic ring is 1. The molecule has 0 saturated heterocycles. The number of nitrogens with two attached hydrogens (primary N) is 2. The van der Waals surface area contributed by atoms with Gasteiger partial charge in [-0.25, -0.2) is 4.79 Å². The quantitative estimate of drug-likeness (QED) is 0.702. The van der Waals surface area contributed by atoms with Crippen LogP contribution in [0.2, 0.25) is 0 Å². The highest BCUT2D eigenvalue weighted by atomic mass is 32.1.